The maximum absolute atomic E-state index is 6.56. The van der Waals surface area contributed by atoms with Crippen molar-refractivity contribution in [2.24, 2.45) is 52.3 Å². The highest BCUT2D eigenvalue weighted by molar-refractivity contribution is 5.25. The maximum Gasteiger partial charge on any atom is 0.0612 e. The standard InChI is InChI=1S/C45H82O/c1-35(2)22-19-17-15-13-11-9-8-10-12-14-16-18-20-33-46-39-29-31-44(6)38(34-39)25-26-40-42-28-27-41(37(5)24-21-23-36(3)4)45(42,7)32-30-43(40)44/h25,35-37,39-43H,8-24,26-34H2,1-7H3/t37-,39?,40?,41-,42?,43?,44+,45-/m1/s1. The van der Waals surface area contributed by atoms with E-state index in [2.05, 4.69) is 54.5 Å². The van der Waals surface area contributed by atoms with E-state index < -0.39 is 0 Å². The molecule has 268 valence electrons. The average molecular weight is 639 g/mol. The summed E-state index contributed by atoms with van der Waals surface area (Å²) in [5.74, 6) is 6.48. The van der Waals surface area contributed by atoms with Crippen LogP contribution in [-0.2, 0) is 4.74 Å². The van der Waals surface area contributed by atoms with Gasteiger partial charge in [0.1, 0.15) is 0 Å². The van der Waals surface area contributed by atoms with E-state index in [4.69, 9.17) is 4.74 Å². The normalized spacial score (nSPS) is 33.2. The number of hydrogen-bond acceptors (Lipinski definition) is 1. The van der Waals surface area contributed by atoms with Gasteiger partial charge in [0.2, 0.25) is 0 Å². The first-order valence-electron chi connectivity index (χ1n) is 21.5. The molecular weight excluding hydrogens is 556 g/mol. The predicted octanol–water partition coefficient (Wildman–Crippen LogP) is 14.5. The van der Waals surface area contributed by atoms with Crippen molar-refractivity contribution in [2.75, 3.05) is 6.61 Å². The SMILES string of the molecule is CC(C)CCCCCCCCCCCCCCCOC1CC[C@@]2(C)C(=CCC3C2CC[C@@]2(C)C3CC[C@@H]2[C@H](C)CCCC(C)C)C1. The van der Waals surface area contributed by atoms with Crippen molar-refractivity contribution in [3.8, 4) is 0 Å². The lowest BCUT2D eigenvalue weighted by molar-refractivity contribution is -0.0641. The van der Waals surface area contributed by atoms with Gasteiger partial charge in [-0.25, -0.2) is 0 Å². The number of hydrogen-bond donors (Lipinski definition) is 0. The van der Waals surface area contributed by atoms with Gasteiger partial charge < -0.3 is 4.74 Å². The van der Waals surface area contributed by atoms with Crippen LogP contribution in [0.3, 0.4) is 0 Å². The van der Waals surface area contributed by atoms with E-state index in [0.29, 0.717) is 16.9 Å². The first-order chi connectivity index (χ1) is 22.1. The monoisotopic (exact) mass is 639 g/mol. The van der Waals surface area contributed by atoms with Crippen LogP contribution in [0.25, 0.3) is 0 Å². The van der Waals surface area contributed by atoms with E-state index in [9.17, 15) is 0 Å². The second-order valence-electron chi connectivity index (χ2n) is 18.8. The topological polar surface area (TPSA) is 9.23 Å². The fraction of sp³-hybridized carbons (Fsp3) is 0.956. The van der Waals surface area contributed by atoms with Crippen LogP contribution in [0.2, 0.25) is 0 Å². The van der Waals surface area contributed by atoms with Crippen LogP contribution in [0.4, 0.5) is 0 Å². The molecule has 0 aromatic heterocycles. The summed E-state index contributed by atoms with van der Waals surface area (Å²) in [4.78, 5) is 0. The minimum Gasteiger partial charge on any atom is -0.378 e. The number of ether oxygens (including phenoxy) is 1. The van der Waals surface area contributed by atoms with E-state index in [1.54, 1.807) is 5.57 Å². The highest BCUT2D eigenvalue weighted by Gasteiger charge is 2.59. The summed E-state index contributed by atoms with van der Waals surface area (Å²) in [5, 5.41) is 0. The molecule has 0 aromatic rings. The van der Waals surface area contributed by atoms with Gasteiger partial charge in [-0.3, -0.25) is 0 Å². The Hall–Kier alpha value is -0.300. The van der Waals surface area contributed by atoms with Gasteiger partial charge in [-0.2, -0.15) is 0 Å². The van der Waals surface area contributed by atoms with Crippen molar-refractivity contribution in [3.63, 3.8) is 0 Å². The lowest BCUT2D eigenvalue weighted by atomic mass is 9.47. The Labute approximate surface area is 289 Å². The average Bonchev–Trinajstić information content (AvgIpc) is 3.38. The molecule has 0 spiro atoms. The third-order valence-corrected chi connectivity index (χ3v) is 14.5. The first-order valence-corrected chi connectivity index (χ1v) is 21.5. The largest absolute Gasteiger partial charge is 0.378 e. The van der Waals surface area contributed by atoms with E-state index >= 15 is 0 Å². The van der Waals surface area contributed by atoms with Gasteiger partial charge in [0.15, 0.2) is 0 Å². The molecule has 0 saturated heterocycles. The highest BCUT2D eigenvalue weighted by atomic mass is 16.5. The van der Waals surface area contributed by atoms with Gasteiger partial charge in [0.05, 0.1) is 6.10 Å². The minimum atomic E-state index is 0.457. The fourth-order valence-corrected chi connectivity index (χ4v) is 11.6. The molecule has 4 aliphatic carbocycles. The Morgan fingerprint density at radius 1 is 0.630 bits per heavy atom. The molecule has 0 radical (unpaired) electrons. The smallest absolute Gasteiger partial charge is 0.0612 e. The van der Waals surface area contributed by atoms with Crippen molar-refractivity contribution < 1.29 is 4.74 Å². The van der Waals surface area contributed by atoms with Gasteiger partial charge in [-0.15, -0.1) is 0 Å². The molecule has 0 N–H and O–H groups in total. The van der Waals surface area contributed by atoms with E-state index in [-0.39, 0.29) is 0 Å². The van der Waals surface area contributed by atoms with Crippen LogP contribution in [0, 0.1) is 52.3 Å². The van der Waals surface area contributed by atoms with E-state index in [0.717, 1.165) is 48.0 Å². The fourth-order valence-electron chi connectivity index (χ4n) is 11.6. The Balaban J connectivity index is 1.08. The summed E-state index contributed by atoms with van der Waals surface area (Å²) in [5.41, 5.74) is 2.86. The molecule has 46 heavy (non-hydrogen) atoms. The molecule has 0 bridgehead atoms. The first kappa shape index (κ1) is 38.5. The molecule has 8 atom stereocenters. The van der Waals surface area contributed by atoms with Crippen molar-refractivity contribution in [1.29, 1.82) is 0 Å². The number of allylic oxidation sites excluding steroid dienone is 1. The van der Waals surface area contributed by atoms with Crippen molar-refractivity contribution >= 4 is 0 Å². The molecule has 3 saturated carbocycles. The summed E-state index contributed by atoms with van der Waals surface area (Å²) in [6.45, 7) is 18.5. The molecule has 4 aliphatic rings. The summed E-state index contributed by atoms with van der Waals surface area (Å²) < 4.78 is 6.56. The van der Waals surface area contributed by atoms with Crippen molar-refractivity contribution in [1.82, 2.24) is 0 Å². The Kier molecular flexibility index (Phi) is 16.1. The third kappa shape index (κ3) is 10.6. The quantitative estimate of drug-likeness (QED) is 0.0847. The molecule has 4 unspecified atom stereocenters. The summed E-state index contributed by atoms with van der Waals surface area (Å²) in [6, 6.07) is 0. The molecule has 4 rings (SSSR count). The molecule has 0 aliphatic heterocycles. The summed E-state index contributed by atoms with van der Waals surface area (Å²) in [7, 11) is 0. The zero-order valence-corrected chi connectivity index (χ0v) is 32.5. The second-order valence-corrected chi connectivity index (χ2v) is 18.8. The van der Waals surface area contributed by atoms with Gasteiger partial charge >= 0.3 is 0 Å². The number of fused-ring (bicyclic) bond motifs is 5. The number of rotatable bonds is 22. The molecular formula is C45H82O. The van der Waals surface area contributed by atoms with Gasteiger partial charge in [-0.1, -0.05) is 163 Å². The van der Waals surface area contributed by atoms with Crippen LogP contribution < -0.4 is 0 Å². The van der Waals surface area contributed by atoms with Crippen LogP contribution in [0.1, 0.15) is 209 Å². The molecule has 3 fully saturated rings. The zero-order chi connectivity index (χ0) is 33.0. The van der Waals surface area contributed by atoms with Crippen LogP contribution in [0.5, 0.6) is 0 Å². The predicted molar refractivity (Wildman–Crippen MR) is 202 cm³/mol. The van der Waals surface area contributed by atoms with Crippen LogP contribution in [0.15, 0.2) is 11.6 Å². The lowest BCUT2D eigenvalue weighted by Gasteiger charge is -2.58. The maximum atomic E-state index is 6.56. The zero-order valence-electron chi connectivity index (χ0n) is 32.5. The van der Waals surface area contributed by atoms with Crippen molar-refractivity contribution in [3.05, 3.63) is 11.6 Å². The summed E-state index contributed by atoms with van der Waals surface area (Å²) in [6.07, 6.45) is 38.9. The second kappa shape index (κ2) is 19.2. The minimum absolute atomic E-state index is 0.457. The van der Waals surface area contributed by atoms with Gasteiger partial charge in [-0.05, 0) is 110 Å². The summed E-state index contributed by atoms with van der Waals surface area (Å²) >= 11 is 0. The van der Waals surface area contributed by atoms with Crippen LogP contribution >= 0.6 is 0 Å². The Morgan fingerprint density at radius 3 is 1.85 bits per heavy atom. The van der Waals surface area contributed by atoms with Gasteiger partial charge in [0, 0.05) is 6.61 Å². The Bertz CT molecular complexity index is 870. The third-order valence-electron chi connectivity index (χ3n) is 14.5. The van der Waals surface area contributed by atoms with Crippen molar-refractivity contribution in [2.45, 2.75) is 215 Å². The molecule has 0 aromatic carbocycles. The Morgan fingerprint density at radius 2 is 1.22 bits per heavy atom. The molecule has 1 heteroatoms. The molecule has 1 nitrogen and oxygen atoms in total. The lowest BCUT2D eigenvalue weighted by Crippen LogP contribution is -2.51. The van der Waals surface area contributed by atoms with Crippen LogP contribution in [-0.4, -0.2) is 12.7 Å². The molecule has 0 amide bonds. The van der Waals surface area contributed by atoms with E-state index in [1.807, 2.05) is 0 Å². The van der Waals surface area contributed by atoms with E-state index in [1.165, 1.54) is 161 Å². The number of unbranched alkanes of at least 4 members (excludes halogenated alkanes) is 12. The molecule has 0 heterocycles. The van der Waals surface area contributed by atoms with Gasteiger partial charge in [0.25, 0.3) is 0 Å². The highest BCUT2D eigenvalue weighted by Crippen LogP contribution is 2.67.